The Hall–Kier alpha value is -0.450. The molecule has 4 heteroatoms. The Kier molecular flexibility index (Phi) is 6.02. The summed E-state index contributed by atoms with van der Waals surface area (Å²) < 4.78 is 5.09. The summed E-state index contributed by atoms with van der Waals surface area (Å²) in [4.78, 5) is 10.6. The van der Waals surface area contributed by atoms with Crippen molar-refractivity contribution in [2.45, 2.75) is 13.0 Å². The highest BCUT2D eigenvalue weighted by molar-refractivity contribution is 5.81. The molecular weight excluding hydrogens is 144 g/mol. The number of ether oxygens (including phenoxy) is 1. The van der Waals surface area contributed by atoms with Crippen LogP contribution < -0.4 is 11.1 Å². The molecule has 3 N–H and O–H groups in total. The van der Waals surface area contributed by atoms with E-state index in [-0.39, 0.29) is 5.78 Å². The Labute approximate surface area is 67.1 Å². The molecule has 1 atom stereocenters. The molecule has 0 saturated heterocycles. The average molecular weight is 160 g/mol. The van der Waals surface area contributed by atoms with Crippen LogP contribution in [0.25, 0.3) is 0 Å². The Morgan fingerprint density at radius 2 is 2.36 bits per heavy atom. The van der Waals surface area contributed by atoms with Crippen molar-refractivity contribution >= 4 is 5.78 Å². The number of ketones is 1. The van der Waals surface area contributed by atoms with E-state index in [4.69, 9.17) is 10.5 Å². The lowest BCUT2D eigenvalue weighted by atomic mass is 10.2. The van der Waals surface area contributed by atoms with Gasteiger partial charge in [-0.1, -0.05) is 0 Å². The Balaban J connectivity index is 3.17. The summed E-state index contributed by atoms with van der Waals surface area (Å²) in [7, 11) is 1.84. The van der Waals surface area contributed by atoms with E-state index in [0.717, 1.165) is 6.54 Å². The lowest BCUT2D eigenvalue weighted by Gasteiger charge is -2.07. The smallest absolute Gasteiger partial charge is 0.148 e. The van der Waals surface area contributed by atoms with Crippen LogP contribution in [0.15, 0.2) is 0 Å². The fourth-order valence-corrected chi connectivity index (χ4v) is 0.502. The topological polar surface area (TPSA) is 64.3 Å². The van der Waals surface area contributed by atoms with Gasteiger partial charge in [-0.15, -0.1) is 0 Å². The van der Waals surface area contributed by atoms with Gasteiger partial charge in [0.2, 0.25) is 0 Å². The van der Waals surface area contributed by atoms with Crippen LogP contribution in [-0.2, 0) is 9.53 Å². The predicted octanol–water partition coefficient (Wildman–Crippen LogP) is -0.861. The van der Waals surface area contributed by atoms with Crippen LogP contribution in [0.5, 0.6) is 0 Å². The van der Waals surface area contributed by atoms with Crippen LogP contribution in [-0.4, -0.2) is 38.6 Å². The van der Waals surface area contributed by atoms with Gasteiger partial charge >= 0.3 is 0 Å². The van der Waals surface area contributed by atoms with E-state index >= 15 is 0 Å². The average Bonchev–Trinajstić information content (AvgIpc) is 1.97. The number of carbonyl (C=O) groups is 1. The second kappa shape index (κ2) is 6.27. The van der Waals surface area contributed by atoms with Crippen molar-refractivity contribution in [3.63, 3.8) is 0 Å². The number of hydrogen-bond donors (Lipinski definition) is 2. The van der Waals surface area contributed by atoms with Gasteiger partial charge in [-0.3, -0.25) is 4.79 Å². The summed E-state index contributed by atoms with van der Waals surface area (Å²) in [5.41, 5.74) is 5.40. The number of nitrogens with two attached hydrogens (primary N) is 1. The fourth-order valence-electron chi connectivity index (χ4n) is 0.502. The Bertz CT molecular complexity index is 117. The van der Waals surface area contributed by atoms with Gasteiger partial charge in [0.1, 0.15) is 5.78 Å². The largest absolute Gasteiger partial charge is 0.378 e. The minimum atomic E-state index is -0.466. The fraction of sp³-hybridized carbons (Fsp3) is 0.857. The molecule has 0 rings (SSSR count). The molecule has 0 aromatic heterocycles. The summed E-state index contributed by atoms with van der Waals surface area (Å²) in [5, 5.41) is 2.92. The third kappa shape index (κ3) is 5.97. The zero-order valence-electron chi connectivity index (χ0n) is 7.09. The number of likely N-dealkylation sites (N-methyl/N-ethyl adjacent to an activating group) is 1. The monoisotopic (exact) mass is 160 g/mol. The summed E-state index contributed by atoms with van der Waals surface area (Å²) in [5.74, 6) is -0.0329. The van der Waals surface area contributed by atoms with Crippen molar-refractivity contribution in [1.29, 1.82) is 0 Å². The minimum Gasteiger partial charge on any atom is -0.378 e. The molecule has 0 spiro atoms. The van der Waals surface area contributed by atoms with E-state index in [0.29, 0.717) is 13.2 Å². The maximum absolute atomic E-state index is 10.6. The zero-order chi connectivity index (χ0) is 8.69. The number of carbonyl (C=O) groups excluding carboxylic acids is 1. The van der Waals surface area contributed by atoms with Gasteiger partial charge in [0, 0.05) is 6.54 Å². The van der Waals surface area contributed by atoms with E-state index in [2.05, 4.69) is 5.32 Å². The van der Waals surface area contributed by atoms with Crippen molar-refractivity contribution in [2.75, 3.05) is 26.8 Å². The van der Waals surface area contributed by atoms with E-state index in [1.807, 2.05) is 7.05 Å². The molecular formula is C7H16N2O2. The SMILES string of the molecule is CNCCOCC(N)C(C)=O. The van der Waals surface area contributed by atoms with Crippen molar-refractivity contribution in [1.82, 2.24) is 5.32 Å². The third-order valence-corrected chi connectivity index (χ3v) is 1.32. The molecule has 0 bridgehead atoms. The van der Waals surface area contributed by atoms with Gasteiger partial charge in [0.05, 0.1) is 19.3 Å². The van der Waals surface area contributed by atoms with Crippen LogP contribution in [0.3, 0.4) is 0 Å². The van der Waals surface area contributed by atoms with Gasteiger partial charge < -0.3 is 15.8 Å². The molecule has 0 aromatic carbocycles. The normalized spacial score (nSPS) is 13.0. The first kappa shape index (κ1) is 10.6. The molecule has 0 amide bonds. The van der Waals surface area contributed by atoms with E-state index in [1.54, 1.807) is 0 Å². The molecule has 0 radical (unpaired) electrons. The van der Waals surface area contributed by atoms with E-state index in [1.165, 1.54) is 6.92 Å². The van der Waals surface area contributed by atoms with Gasteiger partial charge in [-0.05, 0) is 14.0 Å². The number of Topliss-reactive ketones (excluding diaryl/α,β-unsaturated/α-hetero) is 1. The maximum atomic E-state index is 10.6. The number of rotatable bonds is 6. The highest BCUT2D eigenvalue weighted by atomic mass is 16.5. The van der Waals surface area contributed by atoms with Gasteiger partial charge in [0.15, 0.2) is 0 Å². The molecule has 0 aliphatic heterocycles. The molecule has 0 saturated carbocycles. The maximum Gasteiger partial charge on any atom is 0.148 e. The molecule has 66 valence electrons. The van der Waals surface area contributed by atoms with Crippen LogP contribution >= 0.6 is 0 Å². The lowest BCUT2D eigenvalue weighted by Crippen LogP contribution is -2.34. The zero-order valence-corrected chi connectivity index (χ0v) is 7.09. The van der Waals surface area contributed by atoms with Gasteiger partial charge in [0.25, 0.3) is 0 Å². The third-order valence-electron chi connectivity index (χ3n) is 1.32. The van der Waals surface area contributed by atoms with Crippen molar-refractivity contribution in [2.24, 2.45) is 5.73 Å². The van der Waals surface area contributed by atoms with Crippen LogP contribution in [0.1, 0.15) is 6.92 Å². The summed E-state index contributed by atoms with van der Waals surface area (Å²) in [6.07, 6.45) is 0. The molecule has 0 aliphatic rings. The molecule has 4 nitrogen and oxygen atoms in total. The first-order valence-electron chi connectivity index (χ1n) is 3.67. The lowest BCUT2D eigenvalue weighted by molar-refractivity contribution is -0.119. The molecule has 0 aromatic rings. The Morgan fingerprint density at radius 1 is 1.73 bits per heavy atom. The van der Waals surface area contributed by atoms with Crippen molar-refractivity contribution in [3.05, 3.63) is 0 Å². The molecule has 11 heavy (non-hydrogen) atoms. The number of hydrogen-bond acceptors (Lipinski definition) is 4. The second-order valence-corrected chi connectivity index (χ2v) is 2.40. The molecule has 0 heterocycles. The summed E-state index contributed by atoms with van der Waals surface area (Å²) in [6, 6.07) is -0.466. The van der Waals surface area contributed by atoms with Crippen LogP contribution in [0.4, 0.5) is 0 Å². The van der Waals surface area contributed by atoms with Crippen molar-refractivity contribution in [3.8, 4) is 0 Å². The number of nitrogens with one attached hydrogen (secondary N) is 1. The highest BCUT2D eigenvalue weighted by Gasteiger charge is 2.06. The first-order valence-corrected chi connectivity index (χ1v) is 3.67. The first-order chi connectivity index (χ1) is 5.18. The van der Waals surface area contributed by atoms with Crippen molar-refractivity contribution < 1.29 is 9.53 Å². The molecule has 0 fully saturated rings. The highest BCUT2D eigenvalue weighted by Crippen LogP contribution is 1.82. The van der Waals surface area contributed by atoms with Crippen LogP contribution in [0, 0.1) is 0 Å². The van der Waals surface area contributed by atoms with E-state index < -0.39 is 6.04 Å². The predicted molar refractivity (Wildman–Crippen MR) is 43.4 cm³/mol. The van der Waals surface area contributed by atoms with Gasteiger partial charge in [-0.25, -0.2) is 0 Å². The quantitative estimate of drug-likeness (QED) is 0.496. The van der Waals surface area contributed by atoms with Crippen LogP contribution in [0.2, 0.25) is 0 Å². The Morgan fingerprint density at radius 3 is 2.82 bits per heavy atom. The minimum absolute atomic E-state index is 0.0329. The van der Waals surface area contributed by atoms with E-state index in [9.17, 15) is 4.79 Å². The summed E-state index contributed by atoms with van der Waals surface area (Å²) in [6.45, 7) is 3.16. The molecule has 0 aliphatic carbocycles. The molecule has 1 unspecified atom stereocenters. The second-order valence-electron chi connectivity index (χ2n) is 2.40. The standard InChI is InChI=1S/C7H16N2O2/c1-6(10)7(8)5-11-4-3-9-2/h7,9H,3-5,8H2,1-2H3. The van der Waals surface area contributed by atoms with Gasteiger partial charge in [-0.2, -0.15) is 0 Å². The summed E-state index contributed by atoms with van der Waals surface area (Å²) >= 11 is 0.